The standard InChI is InChI=1S/C21H24N2O3/c1-18-9-10-20(22-3)14-12-16(25)15(24)11-13(14)5-7-19(20,2)21(18,23-4)8-6-17(18)26/h3-4,11-12,17,26H,5-10H2,1-2H3/p+2/t17-,18+,19+,20-,21-/m0/s1. The van der Waals surface area contributed by atoms with Crippen LogP contribution in [0.15, 0.2) is 12.1 Å². The molecule has 0 aliphatic heterocycles. The zero-order valence-corrected chi connectivity index (χ0v) is 15.4. The average molecular weight is 354 g/mol. The molecular formula is C21H26N2O3+2. The van der Waals surface area contributed by atoms with Crippen LogP contribution in [0.5, 0.6) is 11.5 Å². The number of hydrogen-bond donors (Lipinski definition) is 3. The first kappa shape index (κ1) is 17.2. The van der Waals surface area contributed by atoms with Gasteiger partial charge in [-0.25, -0.2) is 0 Å². The molecule has 3 aliphatic carbocycles. The second-order valence-electron chi connectivity index (χ2n) is 8.78. The number of aliphatic hydroxyl groups is 1. The number of aliphatic hydroxyl groups excluding tert-OH is 1. The van der Waals surface area contributed by atoms with Crippen LogP contribution in [0.3, 0.4) is 0 Å². The van der Waals surface area contributed by atoms with Crippen LogP contribution >= 0.6 is 0 Å². The van der Waals surface area contributed by atoms with Crippen LogP contribution < -0.4 is 0 Å². The van der Waals surface area contributed by atoms with E-state index < -0.39 is 28.0 Å². The largest absolute Gasteiger partial charge is 0.504 e. The van der Waals surface area contributed by atoms with E-state index in [0.29, 0.717) is 32.1 Å². The van der Waals surface area contributed by atoms with E-state index in [0.717, 1.165) is 17.5 Å². The lowest BCUT2D eigenvalue weighted by Crippen LogP contribution is -2.67. The highest BCUT2D eigenvalue weighted by atomic mass is 16.3. The van der Waals surface area contributed by atoms with Crippen LogP contribution in [-0.4, -0.2) is 27.0 Å². The van der Waals surface area contributed by atoms with Crippen molar-refractivity contribution in [2.45, 2.75) is 69.6 Å². The van der Waals surface area contributed by atoms with Gasteiger partial charge in [-0.05, 0) is 57.2 Å². The molecular weight excluding hydrogens is 328 g/mol. The Bertz CT molecular complexity index is 884. The highest BCUT2D eigenvalue weighted by molar-refractivity contribution is 5.54. The van der Waals surface area contributed by atoms with E-state index in [-0.39, 0.29) is 11.5 Å². The molecule has 3 N–H and O–H groups in total. The van der Waals surface area contributed by atoms with Crippen molar-refractivity contribution in [2.75, 3.05) is 0 Å². The molecule has 0 unspecified atom stereocenters. The maximum absolute atomic E-state index is 10.8. The minimum Gasteiger partial charge on any atom is -0.504 e. The van der Waals surface area contributed by atoms with E-state index in [1.165, 1.54) is 0 Å². The van der Waals surface area contributed by atoms with Gasteiger partial charge in [0.1, 0.15) is 5.41 Å². The molecule has 1 aromatic rings. The molecule has 5 nitrogen and oxygen atoms in total. The molecule has 5 heteroatoms. The third kappa shape index (κ3) is 1.55. The molecule has 3 aliphatic rings. The van der Waals surface area contributed by atoms with Gasteiger partial charge < -0.3 is 15.3 Å². The molecule has 0 aromatic heterocycles. The summed E-state index contributed by atoms with van der Waals surface area (Å²) >= 11 is 0. The lowest BCUT2D eigenvalue weighted by Gasteiger charge is -2.54. The van der Waals surface area contributed by atoms with E-state index in [9.17, 15) is 15.3 Å². The number of aromatic hydroxyl groups is 2. The topological polar surface area (TPSA) is 69.4 Å². The third-order valence-electron chi connectivity index (χ3n) is 8.27. The van der Waals surface area contributed by atoms with Crippen molar-refractivity contribution >= 4 is 0 Å². The lowest BCUT2D eigenvalue weighted by atomic mass is 9.41. The number of fused-ring (bicyclic) bond motifs is 5. The lowest BCUT2D eigenvalue weighted by molar-refractivity contribution is -0.0901. The summed E-state index contributed by atoms with van der Waals surface area (Å²) in [6.07, 6.45) is 3.66. The molecule has 0 heterocycles. The molecule has 2 fully saturated rings. The van der Waals surface area contributed by atoms with Gasteiger partial charge in [-0.15, -0.1) is 0 Å². The smallest absolute Gasteiger partial charge is 0.319 e. The monoisotopic (exact) mass is 354 g/mol. The Hall–Kier alpha value is -2.24. The normalized spacial score (nSPS) is 43.5. The molecule has 0 spiro atoms. The minimum absolute atomic E-state index is 0.130. The molecule has 136 valence electrons. The van der Waals surface area contributed by atoms with Gasteiger partial charge in [-0.3, -0.25) is 0 Å². The van der Waals surface area contributed by atoms with Crippen molar-refractivity contribution in [2.24, 2.45) is 10.8 Å². The zero-order valence-electron chi connectivity index (χ0n) is 15.4. The third-order valence-corrected chi connectivity index (χ3v) is 8.27. The van der Waals surface area contributed by atoms with Gasteiger partial charge in [0.05, 0.1) is 11.5 Å². The summed E-state index contributed by atoms with van der Waals surface area (Å²) in [4.78, 5) is 8.84. The van der Waals surface area contributed by atoms with Crippen molar-refractivity contribution in [1.82, 2.24) is 0 Å². The van der Waals surface area contributed by atoms with E-state index in [1.807, 2.05) is 0 Å². The average Bonchev–Trinajstić information content (AvgIpc) is 2.89. The first-order chi connectivity index (χ1) is 12.2. The van der Waals surface area contributed by atoms with Crippen LogP contribution in [0.1, 0.15) is 57.1 Å². The van der Waals surface area contributed by atoms with E-state index in [1.54, 1.807) is 12.1 Å². The first-order valence-electron chi connectivity index (χ1n) is 9.29. The summed E-state index contributed by atoms with van der Waals surface area (Å²) in [7, 11) is 0. The predicted molar refractivity (Wildman–Crippen MR) is 99.8 cm³/mol. The second-order valence-corrected chi connectivity index (χ2v) is 8.78. The van der Waals surface area contributed by atoms with Crippen LogP contribution in [0.25, 0.3) is 9.69 Å². The maximum Gasteiger partial charge on any atom is 0.319 e. The summed E-state index contributed by atoms with van der Waals surface area (Å²) in [6, 6.07) is 3.21. The molecule has 2 saturated carbocycles. The van der Waals surface area contributed by atoms with Gasteiger partial charge in [0.2, 0.25) is 0 Å². The second kappa shape index (κ2) is 4.93. The zero-order chi connectivity index (χ0) is 19.0. The molecule has 1 aromatic carbocycles. The van der Waals surface area contributed by atoms with Crippen molar-refractivity contribution in [3.8, 4) is 24.6 Å². The quantitative estimate of drug-likeness (QED) is 0.620. The maximum atomic E-state index is 10.8. The van der Waals surface area contributed by atoms with Gasteiger partial charge in [0.15, 0.2) is 11.5 Å². The Morgan fingerprint density at radius 3 is 2.35 bits per heavy atom. The summed E-state index contributed by atoms with van der Waals surface area (Å²) in [5.74, 6) is -0.302. The molecule has 0 saturated heterocycles. The fourth-order valence-corrected chi connectivity index (χ4v) is 6.64. The summed E-state index contributed by atoms with van der Waals surface area (Å²) in [5.41, 5.74) is -0.549. The summed E-state index contributed by atoms with van der Waals surface area (Å²) in [5, 5.41) is 30.8. The van der Waals surface area contributed by atoms with Gasteiger partial charge >= 0.3 is 11.1 Å². The van der Waals surface area contributed by atoms with Crippen LogP contribution in [-0.2, 0) is 12.0 Å². The number of phenols is 2. The van der Waals surface area contributed by atoms with Crippen LogP contribution in [0.2, 0.25) is 0 Å². The van der Waals surface area contributed by atoms with Crippen molar-refractivity contribution in [1.29, 1.82) is 0 Å². The molecule has 5 atom stereocenters. The Morgan fingerprint density at radius 1 is 1.00 bits per heavy atom. The van der Waals surface area contributed by atoms with Crippen molar-refractivity contribution in [3.05, 3.63) is 32.9 Å². The van der Waals surface area contributed by atoms with Gasteiger partial charge in [-0.1, -0.05) is 9.69 Å². The number of rotatable bonds is 0. The Labute approximate surface area is 153 Å². The fourth-order valence-electron chi connectivity index (χ4n) is 6.64. The summed E-state index contributed by atoms with van der Waals surface area (Å²) in [6.45, 7) is 16.3. The predicted octanol–water partition coefficient (Wildman–Crippen LogP) is 3.86. The van der Waals surface area contributed by atoms with E-state index in [2.05, 4.69) is 23.5 Å². The van der Waals surface area contributed by atoms with Crippen molar-refractivity contribution < 1.29 is 15.3 Å². The number of benzene rings is 1. The van der Waals surface area contributed by atoms with E-state index >= 15 is 0 Å². The molecule has 0 radical (unpaired) electrons. The Kier molecular flexibility index (Phi) is 3.26. The number of hydrogen-bond acceptors (Lipinski definition) is 3. The Morgan fingerprint density at radius 2 is 1.69 bits per heavy atom. The number of nitrogens with zero attached hydrogens (tertiary/aromatic N) is 2. The van der Waals surface area contributed by atoms with Crippen LogP contribution in [0, 0.1) is 24.0 Å². The highest BCUT2D eigenvalue weighted by Crippen LogP contribution is 2.73. The first-order valence-corrected chi connectivity index (χ1v) is 9.29. The molecule has 0 amide bonds. The number of phenolic OH excluding ortho intramolecular Hbond substituents is 2. The summed E-state index contributed by atoms with van der Waals surface area (Å²) < 4.78 is 0. The van der Waals surface area contributed by atoms with Crippen LogP contribution in [0.4, 0.5) is 0 Å². The minimum atomic E-state index is -0.766. The van der Waals surface area contributed by atoms with E-state index in [4.69, 9.17) is 13.1 Å². The number of aryl methyl sites for hydroxylation is 1. The molecule has 0 bridgehead atoms. The molecule has 26 heavy (non-hydrogen) atoms. The van der Waals surface area contributed by atoms with Gasteiger partial charge in [-0.2, -0.15) is 0 Å². The van der Waals surface area contributed by atoms with Gasteiger partial charge in [0.25, 0.3) is 13.1 Å². The molecule has 4 rings (SSSR count). The van der Waals surface area contributed by atoms with Crippen molar-refractivity contribution in [3.63, 3.8) is 0 Å². The Balaban J connectivity index is 2.02. The van der Waals surface area contributed by atoms with Gasteiger partial charge in [0, 0.05) is 18.4 Å². The SMILES string of the molecule is C#[N+][C@@]12CC[C@H](O)[C@@]1(C)CC[C@]1([N+]#C)c3cc(O)c(O)cc3CC[C@@]21C. The highest BCUT2D eigenvalue weighted by Gasteiger charge is 2.85. The fraction of sp³-hybridized carbons (Fsp3) is 0.619.